The van der Waals surface area contributed by atoms with Crippen molar-refractivity contribution in [2.24, 2.45) is 0 Å². The van der Waals surface area contributed by atoms with Gasteiger partial charge in [0.05, 0.1) is 22.2 Å². The molecular formula is C15H16Cl2N2O2. The van der Waals surface area contributed by atoms with Gasteiger partial charge in [-0.2, -0.15) is 0 Å². The van der Waals surface area contributed by atoms with Gasteiger partial charge in [-0.05, 0) is 37.5 Å². The summed E-state index contributed by atoms with van der Waals surface area (Å²) in [7, 11) is 1.72. The molecule has 2 N–H and O–H groups in total. The van der Waals surface area contributed by atoms with Gasteiger partial charge in [0.15, 0.2) is 0 Å². The Labute approximate surface area is 132 Å². The predicted molar refractivity (Wildman–Crippen MR) is 84.1 cm³/mol. The van der Waals surface area contributed by atoms with Gasteiger partial charge < -0.3 is 15.0 Å². The Balaban J connectivity index is 1.93. The number of fused-ring (bicyclic) bond motifs is 1. The average Bonchev–Trinajstić information content (AvgIpc) is 3.08. The van der Waals surface area contributed by atoms with Crippen molar-refractivity contribution >= 4 is 40.0 Å². The van der Waals surface area contributed by atoms with Gasteiger partial charge in [-0.3, -0.25) is 4.79 Å². The lowest BCUT2D eigenvalue weighted by atomic mass is 10.1. The molecule has 1 heterocycles. The highest BCUT2D eigenvalue weighted by molar-refractivity contribution is 6.45. The van der Waals surface area contributed by atoms with Crippen molar-refractivity contribution in [3.05, 3.63) is 33.9 Å². The van der Waals surface area contributed by atoms with E-state index < -0.39 is 6.10 Å². The number of rotatable bonds is 2. The molecule has 0 unspecified atom stereocenters. The van der Waals surface area contributed by atoms with Crippen LogP contribution in [0.3, 0.4) is 0 Å². The van der Waals surface area contributed by atoms with Crippen LogP contribution in [0, 0.1) is 0 Å². The van der Waals surface area contributed by atoms with Crippen molar-refractivity contribution in [3.63, 3.8) is 0 Å². The third-order valence-corrected chi connectivity index (χ3v) is 5.00. The van der Waals surface area contributed by atoms with E-state index in [9.17, 15) is 9.90 Å². The topological polar surface area (TPSA) is 56.3 Å². The lowest BCUT2D eigenvalue weighted by molar-refractivity contribution is 0.0534. The van der Waals surface area contributed by atoms with Crippen molar-refractivity contribution in [2.45, 2.75) is 31.4 Å². The lowest BCUT2D eigenvalue weighted by Gasteiger charge is -2.26. The number of aliphatic hydroxyl groups is 1. The largest absolute Gasteiger partial charge is 0.391 e. The third kappa shape index (κ3) is 2.52. The van der Waals surface area contributed by atoms with E-state index in [2.05, 4.69) is 4.98 Å². The summed E-state index contributed by atoms with van der Waals surface area (Å²) in [5.41, 5.74) is 1.23. The monoisotopic (exact) mass is 326 g/mol. The van der Waals surface area contributed by atoms with Gasteiger partial charge in [0.2, 0.25) is 0 Å². The number of carbonyl (C=O) groups excluding carboxylic acids is 1. The summed E-state index contributed by atoms with van der Waals surface area (Å²) in [4.78, 5) is 17.2. The normalized spacial score (nSPS) is 21.9. The van der Waals surface area contributed by atoms with Crippen LogP contribution in [0.5, 0.6) is 0 Å². The molecule has 0 aliphatic heterocycles. The second-order valence-corrected chi connectivity index (χ2v) is 6.27. The van der Waals surface area contributed by atoms with Crippen LogP contribution in [0.1, 0.15) is 29.8 Å². The first kappa shape index (κ1) is 14.7. The van der Waals surface area contributed by atoms with Gasteiger partial charge in [-0.1, -0.05) is 23.2 Å². The molecule has 21 heavy (non-hydrogen) atoms. The van der Waals surface area contributed by atoms with Gasteiger partial charge >= 0.3 is 0 Å². The number of aliphatic hydroxyl groups excluding tert-OH is 1. The Kier molecular flexibility index (Phi) is 3.86. The summed E-state index contributed by atoms with van der Waals surface area (Å²) >= 11 is 12.1. The predicted octanol–water partition coefficient (Wildman–Crippen LogP) is 3.46. The van der Waals surface area contributed by atoms with Crippen molar-refractivity contribution in [1.29, 1.82) is 0 Å². The fourth-order valence-corrected chi connectivity index (χ4v) is 3.35. The number of H-pyrrole nitrogens is 1. The quantitative estimate of drug-likeness (QED) is 0.887. The molecule has 1 fully saturated rings. The molecule has 2 aromatic rings. The molecular weight excluding hydrogens is 311 g/mol. The van der Waals surface area contributed by atoms with E-state index >= 15 is 0 Å². The smallest absolute Gasteiger partial charge is 0.270 e. The minimum Gasteiger partial charge on any atom is -0.391 e. The second-order valence-electron chi connectivity index (χ2n) is 5.49. The Morgan fingerprint density at radius 3 is 2.81 bits per heavy atom. The number of nitrogens with zero attached hydrogens (tertiary/aromatic N) is 1. The number of amides is 1. The van der Waals surface area contributed by atoms with Gasteiger partial charge in [-0.25, -0.2) is 0 Å². The number of halogens is 2. The van der Waals surface area contributed by atoms with Crippen molar-refractivity contribution < 1.29 is 9.90 Å². The van der Waals surface area contributed by atoms with Crippen molar-refractivity contribution in [3.8, 4) is 0 Å². The maximum absolute atomic E-state index is 12.6. The van der Waals surface area contributed by atoms with E-state index in [1.54, 1.807) is 30.1 Å². The maximum Gasteiger partial charge on any atom is 0.270 e. The van der Waals surface area contributed by atoms with E-state index in [0.717, 1.165) is 30.2 Å². The average molecular weight is 327 g/mol. The van der Waals surface area contributed by atoms with Crippen LogP contribution in [0.15, 0.2) is 18.2 Å². The van der Waals surface area contributed by atoms with E-state index in [1.165, 1.54) is 0 Å². The number of hydrogen-bond donors (Lipinski definition) is 2. The fraction of sp³-hybridized carbons (Fsp3) is 0.400. The molecule has 1 amide bonds. The molecule has 4 nitrogen and oxygen atoms in total. The zero-order chi connectivity index (χ0) is 15.1. The molecule has 1 aliphatic carbocycles. The highest BCUT2D eigenvalue weighted by atomic mass is 35.5. The van der Waals surface area contributed by atoms with Crippen LogP contribution in [0.25, 0.3) is 10.9 Å². The van der Waals surface area contributed by atoms with Crippen molar-refractivity contribution in [1.82, 2.24) is 9.88 Å². The molecule has 1 aromatic heterocycles. The first-order chi connectivity index (χ1) is 9.99. The number of carbonyl (C=O) groups is 1. The lowest BCUT2D eigenvalue weighted by Crippen LogP contribution is -2.41. The van der Waals surface area contributed by atoms with Gasteiger partial charge in [0.1, 0.15) is 5.69 Å². The molecule has 0 radical (unpaired) electrons. The summed E-state index contributed by atoms with van der Waals surface area (Å²) in [6.07, 6.45) is 2.07. The molecule has 112 valence electrons. The maximum atomic E-state index is 12.6. The highest BCUT2D eigenvalue weighted by Gasteiger charge is 2.32. The number of nitrogens with one attached hydrogen (secondary N) is 1. The van der Waals surface area contributed by atoms with E-state index in [0.29, 0.717) is 15.7 Å². The summed E-state index contributed by atoms with van der Waals surface area (Å²) in [6.45, 7) is 0. The Hall–Kier alpha value is -1.23. The summed E-state index contributed by atoms with van der Waals surface area (Å²) < 4.78 is 0. The third-order valence-electron chi connectivity index (χ3n) is 4.18. The minimum absolute atomic E-state index is 0.122. The Morgan fingerprint density at radius 1 is 1.38 bits per heavy atom. The molecule has 2 atom stereocenters. The second kappa shape index (κ2) is 5.52. The van der Waals surface area contributed by atoms with Crippen molar-refractivity contribution in [2.75, 3.05) is 7.05 Å². The number of aromatic nitrogens is 1. The van der Waals surface area contributed by atoms with Crippen LogP contribution >= 0.6 is 23.2 Å². The number of hydrogen-bond acceptors (Lipinski definition) is 2. The molecule has 6 heteroatoms. The number of benzene rings is 1. The van der Waals surface area contributed by atoms with E-state index in [4.69, 9.17) is 23.2 Å². The van der Waals surface area contributed by atoms with Crippen LogP contribution in [-0.2, 0) is 0 Å². The minimum atomic E-state index is -0.443. The first-order valence-corrected chi connectivity index (χ1v) is 7.66. The van der Waals surface area contributed by atoms with E-state index in [-0.39, 0.29) is 11.9 Å². The molecule has 3 rings (SSSR count). The number of aromatic amines is 1. The summed E-state index contributed by atoms with van der Waals surface area (Å²) in [6, 6.07) is 5.08. The van der Waals surface area contributed by atoms with Gasteiger partial charge in [0.25, 0.3) is 5.91 Å². The SMILES string of the molecule is CN(C(=O)c1cc2c(Cl)c(Cl)ccc2[nH]1)[C@@H]1CCC[C@H]1O. The van der Waals surface area contributed by atoms with Crippen LogP contribution in [0.4, 0.5) is 0 Å². The Morgan fingerprint density at radius 2 is 2.14 bits per heavy atom. The molecule has 1 aliphatic rings. The van der Waals surface area contributed by atoms with Crippen LogP contribution < -0.4 is 0 Å². The first-order valence-electron chi connectivity index (χ1n) is 6.91. The van der Waals surface area contributed by atoms with Crippen LogP contribution in [-0.4, -0.2) is 40.1 Å². The molecule has 0 spiro atoms. The van der Waals surface area contributed by atoms with E-state index in [1.807, 2.05) is 0 Å². The zero-order valence-electron chi connectivity index (χ0n) is 11.6. The van der Waals surface area contributed by atoms with Gasteiger partial charge in [0, 0.05) is 18.0 Å². The summed E-state index contributed by atoms with van der Waals surface area (Å²) in [5, 5.41) is 11.6. The summed E-state index contributed by atoms with van der Waals surface area (Å²) in [5.74, 6) is -0.149. The highest BCUT2D eigenvalue weighted by Crippen LogP contribution is 2.32. The standard InChI is InChI=1S/C15H16Cl2N2O2/c1-19(12-3-2-4-13(12)20)15(21)11-7-8-10(18-11)6-5-9(16)14(8)17/h5-7,12-13,18,20H,2-4H2,1H3/t12-,13-/m1/s1. The van der Waals surface area contributed by atoms with Crippen LogP contribution in [0.2, 0.25) is 10.0 Å². The fourth-order valence-electron chi connectivity index (χ4n) is 2.97. The van der Waals surface area contributed by atoms with Gasteiger partial charge in [-0.15, -0.1) is 0 Å². The molecule has 1 aromatic carbocycles. The Bertz CT molecular complexity index is 698. The molecule has 0 bridgehead atoms. The zero-order valence-corrected chi connectivity index (χ0v) is 13.1. The molecule has 1 saturated carbocycles. The molecule has 0 saturated heterocycles. The number of likely N-dealkylation sites (N-methyl/N-ethyl adjacent to an activating group) is 1.